The number of likely N-dealkylation sites (N-methyl/N-ethyl adjacent to an activating group) is 1. The monoisotopic (exact) mass is 202 g/mol. The molecule has 0 aliphatic carbocycles. The molecule has 0 aromatic heterocycles. The maximum atomic E-state index is 11.6. The maximum absolute atomic E-state index is 11.6. The molecule has 2 N–H and O–H groups in total. The molecule has 0 heterocycles. The van der Waals surface area contributed by atoms with Crippen LogP contribution in [-0.4, -0.2) is 48.2 Å². The number of nitrogens with zero attached hydrogens (tertiary/aromatic N) is 1. The van der Waals surface area contributed by atoms with Gasteiger partial charge in [-0.15, -0.1) is 0 Å². The summed E-state index contributed by atoms with van der Waals surface area (Å²) in [6, 6.07) is 0. The number of rotatable bonds is 6. The van der Waals surface area contributed by atoms with Crippen LogP contribution >= 0.6 is 0 Å². The zero-order chi connectivity index (χ0) is 11.2. The summed E-state index contributed by atoms with van der Waals surface area (Å²) in [6.45, 7) is 7.06. The standard InChI is InChI=1S/C10H22N2O2/c1-5-12(8-10(2,3)14)9(13)6-7-11-4/h11,14H,5-8H2,1-4H3. The van der Waals surface area contributed by atoms with Crippen LogP contribution in [0.3, 0.4) is 0 Å². The highest BCUT2D eigenvalue weighted by Gasteiger charge is 2.20. The summed E-state index contributed by atoms with van der Waals surface area (Å²) in [7, 11) is 1.82. The van der Waals surface area contributed by atoms with Crippen LogP contribution in [0.1, 0.15) is 27.2 Å². The molecule has 0 aromatic carbocycles. The number of hydrogen-bond donors (Lipinski definition) is 2. The Bertz CT molecular complexity index is 175. The first kappa shape index (κ1) is 13.4. The van der Waals surface area contributed by atoms with Gasteiger partial charge < -0.3 is 15.3 Å². The van der Waals surface area contributed by atoms with E-state index in [0.29, 0.717) is 26.1 Å². The summed E-state index contributed by atoms with van der Waals surface area (Å²) < 4.78 is 0. The van der Waals surface area contributed by atoms with Crippen LogP contribution in [0.5, 0.6) is 0 Å². The minimum absolute atomic E-state index is 0.0870. The smallest absolute Gasteiger partial charge is 0.223 e. The first-order valence-corrected chi connectivity index (χ1v) is 5.05. The second kappa shape index (κ2) is 5.98. The molecule has 84 valence electrons. The third kappa shape index (κ3) is 5.94. The third-order valence-corrected chi connectivity index (χ3v) is 1.90. The Labute approximate surface area is 86.3 Å². The molecule has 4 nitrogen and oxygen atoms in total. The maximum Gasteiger partial charge on any atom is 0.223 e. The van der Waals surface area contributed by atoms with Crippen LogP contribution < -0.4 is 5.32 Å². The van der Waals surface area contributed by atoms with Gasteiger partial charge in [0.15, 0.2) is 0 Å². The second-order valence-corrected chi connectivity index (χ2v) is 4.07. The van der Waals surface area contributed by atoms with Crippen molar-refractivity contribution in [1.29, 1.82) is 0 Å². The molecule has 0 aromatic rings. The van der Waals surface area contributed by atoms with E-state index in [-0.39, 0.29) is 5.91 Å². The second-order valence-electron chi connectivity index (χ2n) is 4.07. The predicted molar refractivity (Wildman–Crippen MR) is 57.1 cm³/mol. The zero-order valence-electron chi connectivity index (χ0n) is 9.63. The normalized spacial score (nSPS) is 11.5. The molecule has 0 saturated heterocycles. The molecule has 0 aliphatic heterocycles. The number of aliphatic hydroxyl groups is 1. The Balaban J connectivity index is 4.06. The van der Waals surface area contributed by atoms with E-state index in [2.05, 4.69) is 5.32 Å². The number of nitrogens with one attached hydrogen (secondary N) is 1. The molecule has 0 rings (SSSR count). The van der Waals surface area contributed by atoms with Crippen LogP contribution in [-0.2, 0) is 4.79 Å². The Morgan fingerprint density at radius 1 is 1.50 bits per heavy atom. The van der Waals surface area contributed by atoms with E-state index in [1.165, 1.54) is 0 Å². The molecule has 14 heavy (non-hydrogen) atoms. The highest BCUT2D eigenvalue weighted by molar-refractivity contribution is 5.76. The molecular formula is C10H22N2O2. The summed E-state index contributed by atoms with van der Waals surface area (Å²) in [4.78, 5) is 13.3. The predicted octanol–water partition coefficient (Wildman–Crippen LogP) is 0.215. The van der Waals surface area contributed by atoms with Gasteiger partial charge in [-0.1, -0.05) is 0 Å². The van der Waals surface area contributed by atoms with Gasteiger partial charge in [-0.25, -0.2) is 0 Å². The van der Waals surface area contributed by atoms with Crippen molar-refractivity contribution in [1.82, 2.24) is 10.2 Å². The largest absolute Gasteiger partial charge is 0.389 e. The van der Waals surface area contributed by atoms with Crippen LogP contribution in [0.2, 0.25) is 0 Å². The first-order valence-electron chi connectivity index (χ1n) is 5.05. The molecule has 1 amide bonds. The lowest BCUT2D eigenvalue weighted by molar-refractivity contribution is -0.133. The van der Waals surface area contributed by atoms with Crippen molar-refractivity contribution in [3.63, 3.8) is 0 Å². The van der Waals surface area contributed by atoms with Gasteiger partial charge in [-0.05, 0) is 27.8 Å². The Morgan fingerprint density at radius 3 is 2.43 bits per heavy atom. The Morgan fingerprint density at radius 2 is 2.07 bits per heavy atom. The van der Waals surface area contributed by atoms with Crippen molar-refractivity contribution in [3.05, 3.63) is 0 Å². The fraction of sp³-hybridized carbons (Fsp3) is 0.900. The molecule has 0 atom stereocenters. The van der Waals surface area contributed by atoms with Crippen molar-refractivity contribution in [2.75, 3.05) is 26.7 Å². The molecule has 4 heteroatoms. The van der Waals surface area contributed by atoms with Crippen LogP contribution in [0.15, 0.2) is 0 Å². The van der Waals surface area contributed by atoms with E-state index in [4.69, 9.17) is 0 Å². The van der Waals surface area contributed by atoms with Gasteiger partial charge >= 0.3 is 0 Å². The van der Waals surface area contributed by atoms with Gasteiger partial charge in [0.2, 0.25) is 5.91 Å². The lowest BCUT2D eigenvalue weighted by atomic mass is 10.1. The van der Waals surface area contributed by atoms with E-state index in [9.17, 15) is 9.90 Å². The van der Waals surface area contributed by atoms with E-state index in [0.717, 1.165) is 0 Å². The quantitative estimate of drug-likeness (QED) is 0.647. The van der Waals surface area contributed by atoms with Gasteiger partial charge in [0.05, 0.1) is 5.60 Å². The minimum atomic E-state index is -0.814. The highest BCUT2D eigenvalue weighted by Crippen LogP contribution is 2.05. The van der Waals surface area contributed by atoms with Gasteiger partial charge in [-0.2, -0.15) is 0 Å². The number of hydrogen-bond acceptors (Lipinski definition) is 3. The minimum Gasteiger partial charge on any atom is -0.389 e. The summed E-state index contributed by atoms with van der Waals surface area (Å²) in [6.07, 6.45) is 0.487. The van der Waals surface area contributed by atoms with E-state index < -0.39 is 5.60 Å². The van der Waals surface area contributed by atoms with Crippen molar-refractivity contribution >= 4 is 5.91 Å². The van der Waals surface area contributed by atoms with Crippen LogP contribution in [0, 0.1) is 0 Å². The fourth-order valence-corrected chi connectivity index (χ4v) is 1.23. The third-order valence-electron chi connectivity index (χ3n) is 1.90. The van der Waals surface area contributed by atoms with Gasteiger partial charge in [-0.3, -0.25) is 4.79 Å². The summed E-state index contributed by atoms with van der Waals surface area (Å²) in [5, 5.41) is 12.5. The molecule has 0 saturated carbocycles. The van der Waals surface area contributed by atoms with Crippen molar-refractivity contribution in [2.24, 2.45) is 0 Å². The zero-order valence-corrected chi connectivity index (χ0v) is 9.63. The molecule has 0 radical (unpaired) electrons. The van der Waals surface area contributed by atoms with Crippen molar-refractivity contribution < 1.29 is 9.90 Å². The van der Waals surface area contributed by atoms with E-state index in [1.807, 2.05) is 14.0 Å². The Hall–Kier alpha value is -0.610. The summed E-state index contributed by atoms with van der Waals surface area (Å²) >= 11 is 0. The number of carbonyl (C=O) groups is 1. The van der Waals surface area contributed by atoms with Gasteiger partial charge in [0.25, 0.3) is 0 Å². The van der Waals surface area contributed by atoms with Gasteiger partial charge in [0, 0.05) is 26.1 Å². The Kier molecular flexibility index (Phi) is 5.72. The van der Waals surface area contributed by atoms with Crippen LogP contribution in [0.25, 0.3) is 0 Å². The molecule has 0 bridgehead atoms. The highest BCUT2D eigenvalue weighted by atomic mass is 16.3. The van der Waals surface area contributed by atoms with Crippen molar-refractivity contribution in [2.45, 2.75) is 32.8 Å². The molecule has 0 aliphatic rings. The molecule has 0 unspecified atom stereocenters. The average Bonchev–Trinajstić information content (AvgIpc) is 2.08. The molecular weight excluding hydrogens is 180 g/mol. The summed E-state index contributed by atoms with van der Waals surface area (Å²) in [5.41, 5.74) is -0.814. The van der Waals surface area contributed by atoms with E-state index in [1.54, 1.807) is 18.7 Å². The average molecular weight is 202 g/mol. The lowest BCUT2D eigenvalue weighted by Crippen LogP contribution is -2.42. The number of carbonyl (C=O) groups excluding carboxylic acids is 1. The molecule has 0 spiro atoms. The lowest BCUT2D eigenvalue weighted by Gasteiger charge is -2.28. The van der Waals surface area contributed by atoms with Crippen molar-refractivity contribution in [3.8, 4) is 0 Å². The summed E-state index contributed by atoms with van der Waals surface area (Å²) in [5.74, 6) is 0.0870. The topological polar surface area (TPSA) is 52.6 Å². The van der Waals surface area contributed by atoms with Gasteiger partial charge in [0.1, 0.15) is 0 Å². The van der Waals surface area contributed by atoms with Crippen LogP contribution in [0.4, 0.5) is 0 Å². The first-order chi connectivity index (χ1) is 6.40. The SMILES string of the molecule is CCN(CC(C)(C)O)C(=O)CCNC. The fourth-order valence-electron chi connectivity index (χ4n) is 1.23. The van der Waals surface area contributed by atoms with E-state index >= 15 is 0 Å². The number of amides is 1. The molecule has 0 fully saturated rings.